The number of rotatable bonds is 2. The first kappa shape index (κ1) is 12.0. The van der Waals surface area contributed by atoms with E-state index >= 15 is 0 Å². The van der Waals surface area contributed by atoms with Crippen molar-refractivity contribution in [3.8, 4) is 0 Å². The minimum absolute atomic E-state index is 0.182. The Balaban J connectivity index is 2.78. The van der Waals surface area contributed by atoms with E-state index in [0.717, 1.165) is 0 Å². The number of fused-ring (bicyclic) bond motifs is 1. The summed E-state index contributed by atoms with van der Waals surface area (Å²) in [6.45, 7) is 1.83. The summed E-state index contributed by atoms with van der Waals surface area (Å²) in [7, 11) is -4.22. The van der Waals surface area contributed by atoms with E-state index in [2.05, 4.69) is 0 Å². The molecule has 2 aromatic rings. The Labute approximate surface area is 98.6 Å². The Morgan fingerprint density at radius 2 is 1.94 bits per heavy atom. The third-order valence-electron chi connectivity index (χ3n) is 2.70. The first-order valence-electron chi connectivity index (χ1n) is 5.12. The van der Waals surface area contributed by atoms with Crippen molar-refractivity contribution in [1.82, 2.24) is 0 Å². The van der Waals surface area contributed by atoms with Crippen LogP contribution in [0.4, 0.5) is 4.39 Å². The first-order valence-corrected chi connectivity index (χ1v) is 6.56. The van der Waals surface area contributed by atoms with E-state index in [1.807, 2.05) is 6.92 Å². The van der Waals surface area contributed by atoms with Gasteiger partial charge in [0.25, 0.3) is 10.1 Å². The van der Waals surface area contributed by atoms with Gasteiger partial charge in [0.1, 0.15) is 5.82 Å². The summed E-state index contributed by atoms with van der Waals surface area (Å²) in [5, 5.41) is 1.26. The number of hydrogen-bond donors (Lipinski definition) is 1. The van der Waals surface area contributed by atoms with E-state index in [-0.39, 0.29) is 10.7 Å². The van der Waals surface area contributed by atoms with E-state index in [4.69, 9.17) is 4.55 Å². The fourth-order valence-electron chi connectivity index (χ4n) is 1.87. The zero-order chi connectivity index (χ0) is 12.6. The van der Waals surface area contributed by atoms with E-state index in [0.29, 0.717) is 22.8 Å². The second-order valence-electron chi connectivity index (χ2n) is 3.74. The van der Waals surface area contributed by atoms with Crippen molar-refractivity contribution >= 4 is 20.9 Å². The normalized spacial score (nSPS) is 11.9. The molecule has 0 saturated carbocycles. The molecule has 0 aromatic heterocycles. The molecule has 0 spiro atoms. The van der Waals surface area contributed by atoms with Crippen LogP contribution < -0.4 is 0 Å². The Bertz CT molecular complexity index is 677. The molecule has 0 aliphatic carbocycles. The molecule has 90 valence electrons. The second kappa shape index (κ2) is 4.09. The molecule has 3 nitrogen and oxygen atoms in total. The average Bonchev–Trinajstić information content (AvgIpc) is 2.27. The molecule has 0 unspecified atom stereocenters. The highest BCUT2D eigenvalue weighted by Crippen LogP contribution is 2.24. The molecule has 0 amide bonds. The summed E-state index contributed by atoms with van der Waals surface area (Å²) in [5.74, 6) is -0.306. The summed E-state index contributed by atoms with van der Waals surface area (Å²) in [6, 6.07) is 6.92. The van der Waals surface area contributed by atoms with Crippen LogP contribution in [0.5, 0.6) is 0 Å². The topological polar surface area (TPSA) is 54.4 Å². The van der Waals surface area contributed by atoms with Gasteiger partial charge >= 0.3 is 0 Å². The fraction of sp³-hybridized carbons (Fsp3) is 0.167. The average molecular weight is 254 g/mol. The van der Waals surface area contributed by atoms with E-state index in [1.54, 1.807) is 0 Å². The van der Waals surface area contributed by atoms with Gasteiger partial charge in [-0.1, -0.05) is 19.1 Å². The van der Waals surface area contributed by atoms with E-state index in [1.165, 1.54) is 30.3 Å². The van der Waals surface area contributed by atoms with Crippen molar-refractivity contribution < 1.29 is 17.4 Å². The maximum Gasteiger partial charge on any atom is 0.294 e. The number of benzene rings is 2. The molecule has 0 aliphatic rings. The lowest BCUT2D eigenvalue weighted by Crippen LogP contribution is -1.98. The third-order valence-corrected chi connectivity index (χ3v) is 3.55. The maximum atomic E-state index is 13.5. The summed E-state index contributed by atoms with van der Waals surface area (Å²) in [4.78, 5) is -0.182. The van der Waals surface area contributed by atoms with E-state index < -0.39 is 10.1 Å². The molecule has 0 bridgehead atoms. The molecule has 0 heterocycles. The van der Waals surface area contributed by atoms with Gasteiger partial charge in [-0.25, -0.2) is 4.39 Å². The van der Waals surface area contributed by atoms with Gasteiger partial charge < -0.3 is 0 Å². The van der Waals surface area contributed by atoms with Crippen molar-refractivity contribution in [2.24, 2.45) is 0 Å². The number of hydrogen-bond acceptors (Lipinski definition) is 2. The predicted molar refractivity (Wildman–Crippen MR) is 63.1 cm³/mol. The quantitative estimate of drug-likeness (QED) is 0.838. The standard InChI is InChI=1S/C12H11FO3S/c1-2-10-11-5-4-9(17(14,15)16)7-8(11)3-6-12(10)13/h3-7H,2H2,1H3,(H,14,15,16). The van der Waals surface area contributed by atoms with Crippen LogP contribution in [0, 0.1) is 5.82 Å². The predicted octanol–water partition coefficient (Wildman–Crippen LogP) is 2.79. The second-order valence-corrected chi connectivity index (χ2v) is 5.16. The maximum absolute atomic E-state index is 13.5. The van der Waals surface area contributed by atoms with E-state index in [9.17, 15) is 12.8 Å². The smallest absolute Gasteiger partial charge is 0.282 e. The monoisotopic (exact) mass is 254 g/mol. The SMILES string of the molecule is CCc1c(F)ccc2cc(S(=O)(=O)O)ccc12. The van der Waals surface area contributed by atoms with Crippen molar-refractivity contribution in [3.63, 3.8) is 0 Å². The molecular formula is C12H11FO3S. The van der Waals surface area contributed by atoms with Crippen molar-refractivity contribution in [2.75, 3.05) is 0 Å². The highest BCUT2D eigenvalue weighted by Gasteiger charge is 2.12. The minimum atomic E-state index is -4.22. The zero-order valence-corrected chi connectivity index (χ0v) is 9.96. The lowest BCUT2D eigenvalue weighted by atomic mass is 10.0. The molecule has 5 heteroatoms. The third kappa shape index (κ3) is 2.16. The van der Waals surface area contributed by atoms with Crippen molar-refractivity contribution in [2.45, 2.75) is 18.2 Å². The molecule has 0 fully saturated rings. The highest BCUT2D eigenvalue weighted by atomic mass is 32.2. The van der Waals surface area contributed by atoms with Gasteiger partial charge in [-0.3, -0.25) is 4.55 Å². The van der Waals surface area contributed by atoms with Crippen LogP contribution in [-0.4, -0.2) is 13.0 Å². The molecule has 0 radical (unpaired) electrons. The van der Waals surface area contributed by atoms with Gasteiger partial charge in [0.05, 0.1) is 4.90 Å². The van der Waals surface area contributed by atoms with Gasteiger partial charge in [0, 0.05) is 0 Å². The minimum Gasteiger partial charge on any atom is -0.282 e. The van der Waals surface area contributed by atoms with Crippen LogP contribution in [0.3, 0.4) is 0 Å². The lowest BCUT2D eigenvalue weighted by molar-refractivity contribution is 0.483. The first-order chi connectivity index (χ1) is 7.93. The molecule has 1 N–H and O–H groups in total. The summed E-state index contributed by atoms with van der Waals surface area (Å²) in [6.07, 6.45) is 0.522. The van der Waals surface area contributed by atoms with Gasteiger partial charge in [0.15, 0.2) is 0 Å². The van der Waals surface area contributed by atoms with Crippen LogP contribution in [0.2, 0.25) is 0 Å². The summed E-state index contributed by atoms with van der Waals surface area (Å²) in [5.41, 5.74) is 0.546. The largest absolute Gasteiger partial charge is 0.294 e. The Morgan fingerprint density at radius 3 is 2.53 bits per heavy atom. The number of halogens is 1. The van der Waals surface area contributed by atoms with Crippen LogP contribution in [0.25, 0.3) is 10.8 Å². The molecule has 0 aliphatic heterocycles. The van der Waals surface area contributed by atoms with Crippen molar-refractivity contribution in [1.29, 1.82) is 0 Å². The molecule has 0 saturated heterocycles. The Morgan fingerprint density at radius 1 is 1.24 bits per heavy atom. The fourth-order valence-corrected chi connectivity index (χ4v) is 2.38. The van der Waals surface area contributed by atoms with Crippen LogP contribution in [0.15, 0.2) is 35.2 Å². The Hall–Kier alpha value is -1.46. The van der Waals surface area contributed by atoms with Crippen LogP contribution >= 0.6 is 0 Å². The van der Waals surface area contributed by atoms with Gasteiger partial charge in [-0.05, 0) is 41.0 Å². The molecule has 2 aromatic carbocycles. The van der Waals surface area contributed by atoms with Crippen molar-refractivity contribution in [3.05, 3.63) is 41.7 Å². The molecular weight excluding hydrogens is 243 g/mol. The highest BCUT2D eigenvalue weighted by molar-refractivity contribution is 7.85. The van der Waals surface area contributed by atoms with Crippen LogP contribution in [-0.2, 0) is 16.5 Å². The molecule has 17 heavy (non-hydrogen) atoms. The molecule has 0 atom stereocenters. The van der Waals surface area contributed by atoms with Crippen LogP contribution in [0.1, 0.15) is 12.5 Å². The lowest BCUT2D eigenvalue weighted by Gasteiger charge is -2.07. The Kier molecular flexibility index (Phi) is 2.89. The number of aryl methyl sites for hydroxylation is 1. The zero-order valence-electron chi connectivity index (χ0n) is 9.14. The van der Waals surface area contributed by atoms with Gasteiger partial charge in [-0.15, -0.1) is 0 Å². The summed E-state index contributed by atoms with van der Waals surface area (Å²) < 4.78 is 44.4. The van der Waals surface area contributed by atoms with Gasteiger partial charge in [0.2, 0.25) is 0 Å². The summed E-state index contributed by atoms with van der Waals surface area (Å²) >= 11 is 0. The molecule has 2 rings (SSSR count). The van der Waals surface area contributed by atoms with Gasteiger partial charge in [-0.2, -0.15) is 8.42 Å².